The van der Waals surface area contributed by atoms with Crippen molar-refractivity contribution in [3.05, 3.63) is 154 Å². The van der Waals surface area contributed by atoms with Crippen LogP contribution in [0.2, 0.25) is 0 Å². The number of benzene rings is 4. The number of aliphatic hydroxyl groups excluding tert-OH is 1. The zero-order chi connectivity index (χ0) is 37.7. The molecule has 4 unspecified atom stereocenters. The van der Waals surface area contributed by atoms with E-state index < -0.39 is 42.0 Å². The fourth-order valence-corrected chi connectivity index (χ4v) is 7.50. The minimum absolute atomic E-state index is 0.0573. The lowest BCUT2D eigenvalue weighted by atomic mass is 9.90. The highest BCUT2D eigenvalue weighted by Crippen LogP contribution is 2.45. The van der Waals surface area contributed by atoms with Crippen LogP contribution < -0.4 is 5.32 Å². The normalized spacial score (nSPS) is 20.2. The molecule has 54 heavy (non-hydrogen) atoms. The molecule has 4 atom stereocenters. The number of para-hydroxylation sites is 1. The number of carbonyl (C=O) groups excluding carboxylic acids is 3. The molecular formula is C44H44N2O8. The standard InChI is InChI=1S/C44H44N2O8/c1-46(36(41(49)45-22-23-47)24-30-10-3-2-4-11-30)42(50)35-25-38(40-39(26-35)53-44(54-40)27-33-14-5-6-15-34(33)28-44)52-43(51)32-20-18-29(19-21-32)12-9-16-31-13-7-8-17-37(31)48/h2-15,17-21,26,36,38-40,47-48H,16,22-25,27-28H2,1H3,(H,45,49). The van der Waals surface area contributed by atoms with Gasteiger partial charge >= 0.3 is 5.97 Å². The van der Waals surface area contributed by atoms with Gasteiger partial charge < -0.3 is 34.6 Å². The Morgan fingerprint density at radius 1 is 0.926 bits per heavy atom. The molecule has 2 aliphatic carbocycles. The average Bonchev–Trinajstić information content (AvgIpc) is 3.74. The number of phenolic OH excluding ortho intramolecular Hbond substituents is 1. The smallest absolute Gasteiger partial charge is 0.338 e. The van der Waals surface area contributed by atoms with Crippen LogP contribution in [0, 0.1) is 0 Å². The van der Waals surface area contributed by atoms with Gasteiger partial charge in [0.05, 0.1) is 12.2 Å². The number of esters is 1. The second kappa shape index (κ2) is 16.2. The number of hydrogen-bond acceptors (Lipinski definition) is 8. The van der Waals surface area contributed by atoms with Gasteiger partial charge in [0.15, 0.2) is 5.79 Å². The summed E-state index contributed by atoms with van der Waals surface area (Å²) in [5, 5.41) is 22.1. The molecular weight excluding hydrogens is 684 g/mol. The molecule has 4 aromatic carbocycles. The molecule has 1 aliphatic heterocycles. The first-order valence-electron chi connectivity index (χ1n) is 18.3. The summed E-state index contributed by atoms with van der Waals surface area (Å²) in [4.78, 5) is 42.8. The Morgan fingerprint density at radius 2 is 1.61 bits per heavy atom. The number of aliphatic hydroxyl groups is 1. The second-order valence-electron chi connectivity index (χ2n) is 14.0. The Labute approximate surface area is 314 Å². The van der Waals surface area contributed by atoms with Gasteiger partial charge in [-0.05, 0) is 58.5 Å². The number of carbonyl (C=O) groups is 3. The zero-order valence-corrected chi connectivity index (χ0v) is 30.1. The van der Waals surface area contributed by atoms with Crippen molar-refractivity contribution in [2.24, 2.45) is 0 Å². The zero-order valence-electron chi connectivity index (χ0n) is 30.1. The predicted molar refractivity (Wildman–Crippen MR) is 202 cm³/mol. The van der Waals surface area contributed by atoms with E-state index in [1.54, 1.807) is 37.4 Å². The van der Waals surface area contributed by atoms with Crippen molar-refractivity contribution in [1.29, 1.82) is 0 Å². The summed E-state index contributed by atoms with van der Waals surface area (Å²) in [5.74, 6) is -2.06. The number of rotatable bonds is 12. The number of nitrogens with zero attached hydrogens (tertiary/aromatic N) is 1. The van der Waals surface area contributed by atoms with Crippen LogP contribution in [0.4, 0.5) is 0 Å². The number of likely N-dealkylation sites (N-methyl/N-ethyl adjacent to an activating group) is 1. The van der Waals surface area contributed by atoms with Gasteiger partial charge in [0.25, 0.3) is 0 Å². The van der Waals surface area contributed by atoms with Crippen LogP contribution >= 0.6 is 0 Å². The Kier molecular flexibility index (Phi) is 11.1. The molecule has 7 rings (SSSR count). The molecule has 10 nitrogen and oxygen atoms in total. The molecule has 0 saturated carbocycles. The van der Waals surface area contributed by atoms with Crippen LogP contribution in [0.15, 0.2) is 121 Å². The number of allylic oxidation sites excluding steroid dienone is 1. The summed E-state index contributed by atoms with van der Waals surface area (Å²) in [5.41, 5.74) is 5.50. The maximum absolute atomic E-state index is 14.3. The lowest BCUT2D eigenvalue weighted by molar-refractivity contribution is -0.172. The molecule has 0 radical (unpaired) electrons. The summed E-state index contributed by atoms with van der Waals surface area (Å²) < 4.78 is 19.5. The van der Waals surface area contributed by atoms with Crippen molar-refractivity contribution < 1.29 is 38.8 Å². The van der Waals surface area contributed by atoms with E-state index in [-0.39, 0.29) is 37.6 Å². The third kappa shape index (κ3) is 8.16. The van der Waals surface area contributed by atoms with E-state index in [4.69, 9.17) is 14.2 Å². The number of nitrogens with one attached hydrogen (secondary N) is 1. The fourth-order valence-electron chi connectivity index (χ4n) is 7.50. The van der Waals surface area contributed by atoms with E-state index >= 15 is 0 Å². The highest BCUT2D eigenvalue weighted by molar-refractivity contribution is 5.97. The maximum Gasteiger partial charge on any atom is 0.338 e. The molecule has 3 aliphatic rings. The molecule has 1 heterocycles. The Bertz CT molecular complexity index is 2020. The predicted octanol–water partition coefficient (Wildman–Crippen LogP) is 4.96. The lowest BCUT2D eigenvalue weighted by Gasteiger charge is -2.33. The first-order valence-corrected chi connectivity index (χ1v) is 18.3. The Morgan fingerprint density at radius 3 is 2.31 bits per heavy atom. The van der Waals surface area contributed by atoms with Crippen LogP contribution in [-0.2, 0) is 49.5 Å². The molecule has 3 N–H and O–H groups in total. The van der Waals surface area contributed by atoms with Gasteiger partial charge in [-0.2, -0.15) is 0 Å². The molecule has 1 spiro atoms. The number of fused-ring (bicyclic) bond motifs is 2. The van der Waals surface area contributed by atoms with Gasteiger partial charge in [0.2, 0.25) is 11.8 Å². The number of aromatic hydroxyl groups is 1. The molecule has 1 saturated heterocycles. The van der Waals surface area contributed by atoms with E-state index in [0.29, 0.717) is 30.4 Å². The van der Waals surface area contributed by atoms with Crippen LogP contribution in [0.5, 0.6) is 5.75 Å². The van der Waals surface area contributed by atoms with Gasteiger partial charge in [0, 0.05) is 44.8 Å². The average molecular weight is 729 g/mol. The molecule has 278 valence electrons. The van der Waals surface area contributed by atoms with Crippen LogP contribution in [0.1, 0.15) is 44.6 Å². The minimum atomic E-state index is -0.963. The summed E-state index contributed by atoms with van der Waals surface area (Å²) in [7, 11) is 1.59. The van der Waals surface area contributed by atoms with Crippen molar-refractivity contribution in [3.63, 3.8) is 0 Å². The van der Waals surface area contributed by atoms with Gasteiger partial charge in [0.1, 0.15) is 30.1 Å². The van der Waals surface area contributed by atoms with Gasteiger partial charge in [-0.25, -0.2) is 4.79 Å². The summed E-state index contributed by atoms with van der Waals surface area (Å²) >= 11 is 0. The monoisotopic (exact) mass is 728 g/mol. The third-order valence-electron chi connectivity index (χ3n) is 10.3. The van der Waals surface area contributed by atoms with Gasteiger partial charge in [-0.1, -0.05) is 97.1 Å². The third-order valence-corrected chi connectivity index (χ3v) is 10.3. The number of amides is 2. The summed E-state index contributed by atoms with van der Waals surface area (Å²) in [6, 6.07) is 30.8. The first kappa shape index (κ1) is 36.8. The van der Waals surface area contributed by atoms with Crippen LogP contribution in [0.3, 0.4) is 0 Å². The largest absolute Gasteiger partial charge is 0.508 e. The van der Waals surface area contributed by atoms with Crippen molar-refractivity contribution in [2.45, 2.75) is 62.2 Å². The lowest BCUT2D eigenvalue weighted by Crippen LogP contribution is -2.51. The summed E-state index contributed by atoms with van der Waals surface area (Å²) in [6.07, 6.45) is 5.37. The molecule has 10 heteroatoms. The molecule has 1 fully saturated rings. The minimum Gasteiger partial charge on any atom is -0.508 e. The fraction of sp³-hybridized carbons (Fsp3) is 0.295. The Hall–Kier alpha value is -5.55. The maximum atomic E-state index is 14.3. The van der Waals surface area contributed by atoms with Gasteiger partial charge in [-0.15, -0.1) is 0 Å². The molecule has 2 amide bonds. The number of hydrogen-bond donors (Lipinski definition) is 3. The quantitative estimate of drug-likeness (QED) is 0.175. The summed E-state index contributed by atoms with van der Waals surface area (Å²) in [6.45, 7) is -0.174. The van der Waals surface area contributed by atoms with E-state index in [1.165, 1.54) is 4.90 Å². The van der Waals surface area contributed by atoms with Crippen LogP contribution in [0.25, 0.3) is 6.08 Å². The SMILES string of the molecule is CN(C(=O)C1=CC2OC3(Cc4ccccc4C3)OC2C(OC(=O)c2ccc(C=CCc3ccccc3O)cc2)C1)C(Cc1ccccc1)C(=O)NCCO. The Balaban J connectivity index is 1.10. The second-order valence-corrected chi connectivity index (χ2v) is 14.0. The van der Waals surface area contributed by atoms with E-state index in [0.717, 1.165) is 27.8 Å². The number of phenols is 1. The van der Waals surface area contributed by atoms with E-state index in [2.05, 4.69) is 17.4 Å². The van der Waals surface area contributed by atoms with E-state index in [1.807, 2.05) is 78.9 Å². The molecule has 4 aromatic rings. The highest BCUT2D eigenvalue weighted by atomic mass is 16.8. The molecule has 0 bridgehead atoms. The molecule has 0 aromatic heterocycles. The first-order chi connectivity index (χ1) is 26.2. The topological polar surface area (TPSA) is 135 Å². The number of ether oxygens (including phenoxy) is 3. The van der Waals surface area contributed by atoms with Crippen molar-refractivity contribution in [3.8, 4) is 5.75 Å². The van der Waals surface area contributed by atoms with Crippen LogP contribution in [-0.4, -0.2) is 83.2 Å². The van der Waals surface area contributed by atoms with Crippen molar-refractivity contribution in [1.82, 2.24) is 10.2 Å². The van der Waals surface area contributed by atoms with Gasteiger partial charge in [-0.3, -0.25) is 9.59 Å². The highest BCUT2D eigenvalue weighted by Gasteiger charge is 2.55. The van der Waals surface area contributed by atoms with Crippen molar-refractivity contribution in [2.75, 3.05) is 20.2 Å². The van der Waals surface area contributed by atoms with Crippen molar-refractivity contribution >= 4 is 23.9 Å². The van der Waals surface area contributed by atoms with E-state index in [9.17, 15) is 24.6 Å².